The van der Waals surface area contributed by atoms with E-state index in [4.69, 9.17) is 5.26 Å². The van der Waals surface area contributed by atoms with Gasteiger partial charge in [0.25, 0.3) is 0 Å². The molecular formula is C5H3N3S. The van der Waals surface area contributed by atoms with Crippen LogP contribution in [0.15, 0.2) is 17.3 Å². The summed E-state index contributed by atoms with van der Waals surface area (Å²) in [5, 5.41) is 8.23. The van der Waals surface area contributed by atoms with E-state index in [1.54, 1.807) is 6.07 Å². The maximum Gasteiger partial charge on any atom is 0.232 e. The summed E-state index contributed by atoms with van der Waals surface area (Å²) in [5.41, 5.74) is 0. The zero-order valence-corrected chi connectivity index (χ0v) is 5.34. The Morgan fingerprint density at radius 1 is 1.44 bits per heavy atom. The highest BCUT2D eigenvalue weighted by molar-refractivity contribution is 7.80. The van der Waals surface area contributed by atoms with E-state index < -0.39 is 0 Å². The van der Waals surface area contributed by atoms with Crippen molar-refractivity contribution in [3.05, 3.63) is 18.2 Å². The van der Waals surface area contributed by atoms with Gasteiger partial charge in [-0.15, -0.1) is 12.6 Å². The molecule has 0 saturated carbocycles. The topological polar surface area (TPSA) is 49.6 Å². The van der Waals surface area contributed by atoms with Gasteiger partial charge in [-0.05, 0) is 0 Å². The molecule has 1 aromatic rings. The van der Waals surface area contributed by atoms with Gasteiger partial charge < -0.3 is 0 Å². The summed E-state index contributed by atoms with van der Waals surface area (Å²) in [4.78, 5) is 7.96. The van der Waals surface area contributed by atoms with Crippen LogP contribution in [0.3, 0.4) is 0 Å². The summed E-state index contributed by atoms with van der Waals surface area (Å²) in [5.74, 6) is 0.174. The Hall–Kier alpha value is -1.08. The molecule has 44 valence electrons. The van der Waals surface area contributed by atoms with Crippen molar-refractivity contribution in [2.24, 2.45) is 0 Å². The fraction of sp³-hybridized carbons (Fsp3) is 0. The van der Waals surface area contributed by atoms with E-state index in [1.807, 2.05) is 0 Å². The van der Waals surface area contributed by atoms with E-state index >= 15 is 0 Å². The van der Waals surface area contributed by atoms with Crippen LogP contribution >= 0.6 is 12.6 Å². The number of hydrogen-bond acceptors (Lipinski definition) is 4. The first-order chi connectivity index (χ1) is 4.33. The molecule has 0 atom stereocenters. The Kier molecular flexibility index (Phi) is 1.66. The molecule has 0 unspecified atom stereocenters. The molecule has 0 aliphatic rings. The molecule has 0 N–H and O–H groups in total. The van der Waals surface area contributed by atoms with E-state index in [9.17, 15) is 0 Å². The third-order valence-electron chi connectivity index (χ3n) is 0.738. The lowest BCUT2D eigenvalue weighted by Gasteiger charge is -1.85. The average molecular weight is 137 g/mol. The van der Waals surface area contributed by atoms with Gasteiger partial charge in [0, 0.05) is 17.3 Å². The van der Waals surface area contributed by atoms with Crippen molar-refractivity contribution in [1.29, 1.82) is 5.26 Å². The van der Waals surface area contributed by atoms with Crippen LogP contribution in [-0.4, -0.2) is 9.97 Å². The van der Waals surface area contributed by atoms with Crippen LogP contribution < -0.4 is 0 Å². The minimum Gasteiger partial charge on any atom is -0.226 e. The van der Waals surface area contributed by atoms with Crippen molar-refractivity contribution < 1.29 is 0 Å². The van der Waals surface area contributed by atoms with Gasteiger partial charge in [-0.25, -0.2) is 9.97 Å². The largest absolute Gasteiger partial charge is 0.232 e. The smallest absolute Gasteiger partial charge is 0.226 e. The lowest BCUT2D eigenvalue weighted by atomic mass is 10.6. The molecule has 0 amide bonds. The molecule has 3 nitrogen and oxygen atoms in total. The summed E-state index contributed by atoms with van der Waals surface area (Å²) >= 11 is 3.94. The number of rotatable bonds is 0. The number of aromatic nitrogens is 2. The lowest BCUT2D eigenvalue weighted by molar-refractivity contribution is 1.06. The van der Waals surface area contributed by atoms with Gasteiger partial charge in [-0.1, -0.05) is 0 Å². The van der Waals surface area contributed by atoms with Gasteiger partial charge in [0.2, 0.25) is 5.82 Å². The van der Waals surface area contributed by atoms with Gasteiger partial charge in [0.15, 0.2) is 0 Å². The van der Waals surface area contributed by atoms with Gasteiger partial charge in [-0.3, -0.25) is 0 Å². The zero-order chi connectivity index (χ0) is 6.69. The van der Waals surface area contributed by atoms with Crippen molar-refractivity contribution >= 4 is 12.6 Å². The summed E-state index contributed by atoms with van der Waals surface area (Å²) in [6, 6.07) is 1.80. The molecule has 1 aromatic heterocycles. The molecular weight excluding hydrogens is 134 g/mol. The van der Waals surface area contributed by atoms with E-state index in [2.05, 4.69) is 22.6 Å². The molecule has 0 saturated heterocycles. The Balaban J connectivity index is 3.06. The first kappa shape index (κ1) is 6.05. The maximum absolute atomic E-state index is 8.23. The number of hydrogen-bond donors (Lipinski definition) is 1. The van der Waals surface area contributed by atoms with Crippen LogP contribution in [0.25, 0.3) is 0 Å². The average Bonchev–Trinajstić information content (AvgIpc) is 1.90. The fourth-order valence-corrected chi connectivity index (χ4v) is 0.494. The normalized spacial score (nSPS) is 8.44. The zero-order valence-electron chi connectivity index (χ0n) is 4.44. The molecule has 0 spiro atoms. The summed E-state index contributed by atoms with van der Waals surface area (Å²) in [7, 11) is 0. The second-order valence-electron chi connectivity index (χ2n) is 1.38. The molecule has 9 heavy (non-hydrogen) atoms. The number of nitrogens with zero attached hydrogens (tertiary/aromatic N) is 3. The quantitative estimate of drug-likeness (QED) is 0.534. The van der Waals surface area contributed by atoms with Gasteiger partial charge in [0.1, 0.15) is 6.07 Å². The predicted molar refractivity (Wildman–Crippen MR) is 34.0 cm³/mol. The van der Waals surface area contributed by atoms with Crippen LogP contribution in [0, 0.1) is 11.3 Å². The number of thiol groups is 1. The van der Waals surface area contributed by atoms with Gasteiger partial charge in [-0.2, -0.15) is 5.26 Å². The predicted octanol–water partition coefficient (Wildman–Crippen LogP) is 0.637. The minimum absolute atomic E-state index is 0.174. The van der Waals surface area contributed by atoms with Crippen molar-refractivity contribution in [3.63, 3.8) is 0 Å². The Labute approximate surface area is 57.8 Å². The molecule has 4 heteroatoms. The molecule has 0 aromatic carbocycles. The molecule has 1 rings (SSSR count). The fourth-order valence-electron chi connectivity index (χ4n) is 0.379. The first-order valence-corrected chi connectivity index (χ1v) is 2.69. The second kappa shape index (κ2) is 2.46. The Morgan fingerprint density at radius 3 is 2.44 bits per heavy atom. The van der Waals surface area contributed by atoms with Crippen LogP contribution in [0.4, 0.5) is 0 Å². The Bertz CT molecular complexity index is 235. The summed E-state index contributed by atoms with van der Waals surface area (Å²) < 4.78 is 0. The van der Waals surface area contributed by atoms with E-state index in [1.165, 1.54) is 12.4 Å². The second-order valence-corrected chi connectivity index (χ2v) is 1.89. The highest BCUT2D eigenvalue weighted by Gasteiger charge is 1.88. The van der Waals surface area contributed by atoms with Crippen LogP contribution in [0.2, 0.25) is 0 Å². The molecule has 0 aliphatic carbocycles. The van der Waals surface area contributed by atoms with Crippen molar-refractivity contribution in [3.8, 4) is 6.07 Å². The standard InChI is InChI=1S/C5H3N3S/c6-1-5-7-2-4(9)3-8-5/h2-3,9H. The van der Waals surface area contributed by atoms with E-state index in [-0.39, 0.29) is 5.82 Å². The molecule has 0 bridgehead atoms. The van der Waals surface area contributed by atoms with Crippen LogP contribution in [0.1, 0.15) is 5.82 Å². The van der Waals surface area contributed by atoms with Crippen molar-refractivity contribution in [2.75, 3.05) is 0 Å². The maximum atomic E-state index is 8.23. The van der Waals surface area contributed by atoms with E-state index in [0.717, 1.165) is 0 Å². The van der Waals surface area contributed by atoms with Gasteiger partial charge >= 0.3 is 0 Å². The highest BCUT2D eigenvalue weighted by atomic mass is 32.1. The first-order valence-electron chi connectivity index (χ1n) is 2.24. The van der Waals surface area contributed by atoms with Crippen molar-refractivity contribution in [2.45, 2.75) is 4.90 Å². The highest BCUT2D eigenvalue weighted by Crippen LogP contribution is 1.98. The summed E-state index contributed by atoms with van der Waals surface area (Å²) in [6.45, 7) is 0. The minimum atomic E-state index is 0.174. The molecule has 1 heterocycles. The van der Waals surface area contributed by atoms with E-state index in [0.29, 0.717) is 4.90 Å². The SMILES string of the molecule is N#Cc1ncc(S)cn1. The lowest BCUT2D eigenvalue weighted by Crippen LogP contribution is -1.85. The van der Waals surface area contributed by atoms with Crippen molar-refractivity contribution in [1.82, 2.24) is 9.97 Å². The third kappa shape index (κ3) is 1.40. The molecule has 0 aliphatic heterocycles. The number of nitriles is 1. The van der Waals surface area contributed by atoms with Crippen LogP contribution in [0.5, 0.6) is 0 Å². The third-order valence-corrected chi connectivity index (χ3v) is 0.969. The van der Waals surface area contributed by atoms with Crippen LogP contribution in [-0.2, 0) is 0 Å². The Morgan fingerprint density at radius 2 is 2.00 bits per heavy atom. The summed E-state index contributed by atoms with van der Waals surface area (Å²) in [6.07, 6.45) is 2.96. The van der Waals surface area contributed by atoms with Gasteiger partial charge in [0.05, 0.1) is 0 Å². The monoisotopic (exact) mass is 137 g/mol. The molecule has 0 radical (unpaired) electrons. The molecule has 0 fully saturated rings.